The summed E-state index contributed by atoms with van der Waals surface area (Å²) < 4.78 is 1.75. The van der Waals surface area contributed by atoms with Gasteiger partial charge >= 0.3 is 6.03 Å². The number of aromatic nitrogens is 2. The van der Waals surface area contributed by atoms with E-state index in [1.807, 2.05) is 48.5 Å². The van der Waals surface area contributed by atoms with E-state index in [0.29, 0.717) is 12.3 Å². The van der Waals surface area contributed by atoms with Gasteiger partial charge in [-0.05, 0) is 43.7 Å². The van der Waals surface area contributed by atoms with Gasteiger partial charge in [-0.2, -0.15) is 5.10 Å². The van der Waals surface area contributed by atoms with Gasteiger partial charge in [0.2, 0.25) is 5.91 Å². The van der Waals surface area contributed by atoms with E-state index in [9.17, 15) is 9.59 Å². The number of para-hydroxylation sites is 1. The summed E-state index contributed by atoms with van der Waals surface area (Å²) in [7, 11) is 1.88. The first-order valence-corrected chi connectivity index (χ1v) is 10.4. The summed E-state index contributed by atoms with van der Waals surface area (Å²) in [6.45, 7) is 3.53. The summed E-state index contributed by atoms with van der Waals surface area (Å²) >= 11 is 0. The minimum atomic E-state index is -0.0180. The number of benzene rings is 1. The normalized spacial score (nSPS) is 15.7. The Balaban J connectivity index is 1.39. The van der Waals surface area contributed by atoms with Crippen molar-refractivity contribution in [2.75, 3.05) is 18.4 Å². The maximum Gasteiger partial charge on any atom is 0.317 e. The zero-order valence-corrected chi connectivity index (χ0v) is 17.3. The number of urea groups is 1. The Morgan fingerprint density at radius 3 is 2.55 bits per heavy atom. The number of likely N-dealkylation sites (tertiary alicyclic amines) is 1. The van der Waals surface area contributed by atoms with Gasteiger partial charge in [0.1, 0.15) is 0 Å². The summed E-state index contributed by atoms with van der Waals surface area (Å²) in [5, 5.41) is 10.3. The first-order valence-electron chi connectivity index (χ1n) is 10.4. The zero-order chi connectivity index (χ0) is 20.6. The number of anilines is 1. The maximum atomic E-state index is 12.6. The highest BCUT2D eigenvalue weighted by Crippen LogP contribution is 2.23. The SMILES string of the molecule is CC[C@@H](NC(=O)N1CCC(CCC(=O)Nc2ccccc2)CC1)c1cnn(C)c1. The minimum Gasteiger partial charge on any atom is -0.331 e. The quantitative estimate of drug-likeness (QED) is 0.747. The van der Waals surface area contributed by atoms with Gasteiger partial charge in [0.15, 0.2) is 0 Å². The topological polar surface area (TPSA) is 79.3 Å². The predicted molar refractivity (Wildman–Crippen MR) is 113 cm³/mol. The van der Waals surface area contributed by atoms with Crippen molar-refractivity contribution in [3.05, 3.63) is 48.3 Å². The summed E-state index contributed by atoms with van der Waals surface area (Å²) in [5.74, 6) is 0.541. The molecule has 0 bridgehead atoms. The van der Waals surface area contributed by atoms with E-state index < -0.39 is 0 Å². The molecule has 2 aromatic rings. The molecule has 29 heavy (non-hydrogen) atoms. The molecule has 1 fully saturated rings. The Kier molecular flexibility index (Phi) is 7.27. The van der Waals surface area contributed by atoms with Crippen LogP contribution in [0.5, 0.6) is 0 Å². The molecular weight excluding hydrogens is 366 g/mol. The Morgan fingerprint density at radius 2 is 1.93 bits per heavy atom. The molecule has 1 aromatic heterocycles. The highest BCUT2D eigenvalue weighted by atomic mass is 16.2. The molecule has 0 spiro atoms. The van der Waals surface area contributed by atoms with Crippen LogP contribution in [0.25, 0.3) is 0 Å². The number of aryl methyl sites for hydroxylation is 1. The van der Waals surface area contributed by atoms with Gasteiger partial charge in [-0.15, -0.1) is 0 Å². The van der Waals surface area contributed by atoms with E-state index in [1.54, 1.807) is 10.9 Å². The largest absolute Gasteiger partial charge is 0.331 e. The lowest BCUT2D eigenvalue weighted by Crippen LogP contribution is -2.45. The van der Waals surface area contributed by atoms with Crippen molar-refractivity contribution in [2.45, 2.75) is 45.1 Å². The van der Waals surface area contributed by atoms with Gasteiger partial charge in [0, 0.05) is 44.0 Å². The molecule has 2 N–H and O–H groups in total. The van der Waals surface area contributed by atoms with Gasteiger partial charge < -0.3 is 15.5 Å². The number of hydrogen-bond acceptors (Lipinski definition) is 3. The molecule has 2 heterocycles. The van der Waals surface area contributed by atoms with Gasteiger partial charge in [0.25, 0.3) is 0 Å². The average molecular weight is 398 g/mol. The number of hydrogen-bond donors (Lipinski definition) is 2. The van der Waals surface area contributed by atoms with Crippen LogP contribution in [0.15, 0.2) is 42.7 Å². The van der Waals surface area contributed by atoms with Gasteiger partial charge in [0.05, 0.1) is 12.2 Å². The molecule has 3 rings (SSSR count). The molecule has 0 aliphatic carbocycles. The second-order valence-electron chi connectivity index (χ2n) is 7.74. The third kappa shape index (κ3) is 6.07. The van der Waals surface area contributed by atoms with Crippen molar-refractivity contribution >= 4 is 17.6 Å². The minimum absolute atomic E-state index is 0.0130. The fourth-order valence-corrected chi connectivity index (χ4v) is 3.79. The number of carbonyl (C=O) groups excluding carboxylic acids is 2. The van der Waals surface area contributed by atoms with Crippen LogP contribution in [0.4, 0.5) is 10.5 Å². The van der Waals surface area contributed by atoms with Crippen LogP contribution in [0.3, 0.4) is 0 Å². The highest BCUT2D eigenvalue weighted by molar-refractivity contribution is 5.90. The summed E-state index contributed by atoms with van der Waals surface area (Å²) in [4.78, 5) is 26.7. The molecule has 1 aromatic carbocycles. The van der Waals surface area contributed by atoms with Crippen LogP contribution < -0.4 is 10.6 Å². The number of rotatable bonds is 7. The zero-order valence-electron chi connectivity index (χ0n) is 17.3. The van der Waals surface area contributed by atoms with Crippen LogP contribution >= 0.6 is 0 Å². The molecule has 1 saturated heterocycles. The molecular formula is C22H31N5O2. The number of amides is 3. The average Bonchev–Trinajstić information content (AvgIpc) is 3.17. The van der Waals surface area contributed by atoms with E-state index in [0.717, 1.165) is 50.0 Å². The lowest BCUT2D eigenvalue weighted by molar-refractivity contribution is -0.116. The van der Waals surface area contributed by atoms with Crippen molar-refractivity contribution < 1.29 is 9.59 Å². The van der Waals surface area contributed by atoms with Gasteiger partial charge in [-0.25, -0.2) is 4.79 Å². The maximum absolute atomic E-state index is 12.6. The number of nitrogens with zero attached hydrogens (tertiary/aromatic N) is 3. The van der Waals surface area contributed by atoms with Crippen molar-refractivity contribution in [3.8, 4) is 0 Å². The Morgan fingerprint density at radius 1 is 1.21 bits per heavy atom. The summed E-state index contributed by atoms with van der Waals surface area (Å²) in [6.07, 6.45) is 7.84. The number of carbonyl (C=O) groups is 2. The molecule has 1 aliphatic rings. The van der Waals surface area contributed by atoms with Crippen molar-refractivity contribution in [1.29, 1.82) is 0 Å². The third-order valence-corrected chi connectivity index (χ3v) is 5.57. The van der Waals surface area contributed by atoms with Crippen molar-refractivity contribution in [1.82, 2.24) is 20.0 Å². The Labute approximate surface area is 172 Å². The third-order valence-electron chi connectivity index (χ3n) is 5.57. The van der Waals surface area contributed by atoms with Crippen LogP contribution in [-0.2, 0) is 11.8 Å². The van der Waals surface area contributed by atoms with E-state index in [1.165, 1.54) is 0 Å². The lowest BCUT2D eigenvalue weighted by atomic mass is 9.92. The molecule has 0 saturated carbocycles. The Hall–Kier alpha value is -2.83. The van der Waals surface area contributed by atoms with Crippen LogP contribution in [0.1, 0.15) is 50.6 Å². The summed E-state index contributed by atoms with van der Waals surface area (Å²) in [6, 6.07) is 9.51. The van der Waals surface area contributed by atoms with E-state index in [2.05, 4.69) is 22.7 Å². The molecule has 7 nitrogen and oxygen atoms in total. The number of piperidine rings is 1. The van der Waals surface area contributed by atoms with Gasteiger partial charge in [-0.1, -0.05) is 25.1 Å². The van der Waals surface area contributed by atoms with Gasteiger partial charge in [-0.3, -0.25) is 9.48 Å². The van der Waals surface area contributed by atoms with E-state index in [-0.39, 0.29) is 18.0 Å². The first kappa shape index (κ1) is 20.9. The molecule has 0 radical (unpaired) electrons. The Bertz CT molecular complexity index is 797. The fourth-order valence-electron chi connectivity index (χ4n) is 3.79. The molecule has 1 aliphatic heterocycles. The van der Waals surface area contributed by atoms with Crippen molar-refractivity contribution in [3.63, 3.8) is 0 Å². The second kappa shape index (κ2) is 10.1. The molecule has 0 unspecified atom stereocenters. The standard InChI is InChI=1S/C22H31N5O2/c1-3-20(18-15-23-26(2)16-18)25-22(29)27-13-11-17(12-14-27)9-10-21(28)24-19-7-5-4-6-8-19/h4-8,15-17,20H,3,9-14H2,1-2H3,(H,24,28)(H,25,29)/t20-/m1/s1. The molecule has 156 valence electrons. The van der Waals surface area contributed by atoms with E-state index >= 15 is 0 Å². The fraction of sp³-hybridized carbons (Fsp3) is 0.500. The predicted octanol–water partition coefficient (Wildman–Crippen LogP) is 3.71. The van der Waals surface area contributed by atoms with Crippen LogP contribution in [-0.4, -0.2) is 39.7 Å². The second-order valence-corrected chi connectivity index (χ2v) is 7.74. The number of nitrogens with one attached hydrogen (secondary N) is 2. The van der Waals surface area contributed by atoms with Crippen LogP contribution in [0.2, 0.25) is 0 Å². The summed E-state index contributed by atoms with van der Waals surface area (Å²) in [5.41, 5.74) is 1.87. The van der Waals surface area contributed by atoms with E-state index in [4.69, 9.17) is 0 Å². The molecule has 7 heteroatoms. The smallest absolute Gasteiger partial charge is 0.317 e. The van der Waals surface area contributed by atoms with Crippen molar-refractivity contribution in [2.24, 2.45) is 13.0 Å². The highest BCUT2D eigenvalue weighted by Gasteiger charge is 2.25. The molecule has 1 atom stereocenters. The monoisotopic (exact) mass is 397 g/mol. The molecule has 3 amide bonds. The lowest BCUT2D eigenvalue weighted by Gasteiger charge is -2.33. The first-order chi connectivity index (χ1) is 14.0. The van der Waals surface area contributed by atoms with Crippen LogP contribution in [0, 0.1) is 5.92 Å².